The van der Waals surface area contributed by atoms with Crippen molar-refractivity contribution < 1.29 is 9.53 Å². The maximum atomic E-state index is 12.7. The number of morpholine rings is 1. The molecule has 1 aliphatic heterocycles. The highest BCUT2D eigenvalue weighted by molar-refractivity contribution is 5.98. The lowest BCUT2D eigenvalue weighted by Gasteiger charge is -2.35. The van der Waals surface area contributed by atoms with E-state index in [9.17, 15) is 4.79 Å². The van der Waals surface area contributed by atoms with Gasteiger partial charge < -0.3 is 15.0 Å². The second-order valence-electron chi connectivity index (χ2n) is 5.29. The van der Waals surface area contributed by atoms with Crippen LogP contribution in [0.5, 0.6) is 0 Å². The van der Waals surface area contributed by atoms with Crippen molar-refractivity contribution in [3.05, 3.63) is 23.9 Å². The van der Waals surface area contributed by atoms with Crippen LogP contribution in [-0.4, -0.2) is 47.6 Å². The number of hydrogen-bond acceptors (Lipinski definition) is 4. The Balaban J connectivity index is 2.15. The first-order chi connectivity index (χ1) is 9.61. The highest BCUT2D eigenvalue weighted by atomic mass is 16.5. The molecule has 110 valence electrons. The maximum Gasteiger partial charge on any atom is 0.257 e. The van der Waals surface area contributed by atoms with E-state index in [4.69, 9.17) is 4.74 Å². The average molecular weight is 277 g/mol. The predicted molar refractivity (Wildman–Crippen MR) is 78.9 cm³/mol. The Bertz CT molecular complexity index is 454. The van der Waals surface area contributed by atoms with Crippen molar-refractivity contribution in [3.63, 3.8) is 0 Å². The number of carbonyl (C=O) groups excluding carboxylic acids is 1. The molecule has 1 fully saturated rings. The number of pyridine rings is 1. The first-order valence-electron chi connectivity index (χ1n) is 7.25. The third-order valence-electron chi connectivity index (χ3n) is 3.29. The third kappa shape index (κ3) is 3.48. The fourth-order valence-corrected chi connectivity index (χ4v) is 2.48. The number of aromatic nitrogens is 1. The smallest absolute Gasteiger partial charge is 0.257 e. The lowest BCUT2D eigenvalue weighted by atomic mass is 10.1. The van der Waals surface area contributed by atoms with E-state index in [1.54, 1.807) is 12.3 Å². The quantitative estimate of drug-likeness (QED) is 0.916. The molecule has 1 N–H and O–H groups in total. The highest BCUT2D eigenvalue weighted by Crippen LogP contribution is 2.18. The van der Waals surface area contributed by atoms with Crippen LogP contribution in [0, 0.1) is 0 Å². The van der Waals surface area contributed by atoms with Gasteiger partial charge in [0.2, 0.25) is 0 Å². The summed E-state index contributed by atoms with van der Waals surface area (Å²) < 4.78 is 5.67. The molecular formula is C15H23N3O2. The van der Waals surface area contributed by atoms with Gasteiger partial charge in [0, 0.05) is 25.8 Å². The molecule has 0 saturated carbocycles. The van der Waals surface area contributed by atoms with Crippen molar-refractivity contribution in [2.45, 2.75) is 39.4 Å². The van der Waals surface area contributed by atoms with E-state index >= 15 is 0 Å². The van der Waals surface area contributed by atoms with Gasteiger partial charge >= 0.3 is 0 Å². The molecule has 1 aromatic rings. The summed E-state index contributed by atoms with van der Waals surface area (Å²) in [6, 6.07) is 3.63. The van der Waals surface area contributed by atoms with Crippen LogP contribution in [0.2, 0.25) is 0 Å². The second-order valence-corrected chi connectivity index (χ2v) is 5.29. The Morgan fingerprint density at radius 2 is 2.15 bits per heavy atom. The zero-order valence-corrected chi connectivity index (χ0v) is 12.4. The molecule has 2 rings (SSSR count). The topological polar surface area (TPSA) is 54.5 Å². The summed E-state index contributed by atoms with van der Waals surface area (Å²) in [5, 5.41) is 3.22. The second kappa shape index (κ2) is 6.70. The largest absolute Gasteiger partial charge is 0.372 e. The minimum absolute atomic E-state index is 0.0266. The van der Waals surface area contributed by atoms with Gasteiger partial charge in [-0.3, -0.25) is 4.79 Å². The van der Waals surface area contributed by atoms with Crippen molar-refractivity contribution in [2.75, 3.05) is 25.0 Å². The number of ether oxygens (including phenoxy) is 1. The molecule has 1 aliphatic rings. The zero-order valence-electron chi connectivity index (χ0n) is 12.4. The van der Waals surface area contributed by atoms with Crippen LogP contribution in [0.1, 0.15) is 37.6 Å². The molecule has 0 radical (unpaired) electrons. The molecule has 0 bridgehead atoms. The van der Waals surface area contributed by atoms with Crippen LogP contribution in [-0.2, 0) is 4.74 Å². The van der Waals surface area contributed by atoms with E-state index in [0.29, 0.717) is 24.5 Å². The fraction of sp³-hybridized carbons (Fsp3) is 0.600. The fourth-order valence-electron chi connectivity index (χ4n) is 2.48. The molecule has 0 spiro atoms. The minimum Gasteiger partial charge on any atom is -0.372 e. The van der Waals surface area contributed by atoms with Crippen LogP contribution in [0.25, 0.3) is 0 Å². The summed E-state index contributed by atoms with van der Waals surface area (Å²) in [6.45, 7) is 8.15. The molecule has 2 heterocycles. The molecule has 1 aromatic heterocycles. The number of nitrogens with one attached hydrogen (secondary N) is 1. The average Bonchev–Trinajstić information content (AvgIpc) is 2.43. The van der Waals surface area contributed by atoms with Crippen molar-refractivity contribution >= 4 is 11.7 Å². The number of hydrogen-bond donors (Lipinski definition) is 1. The van der Waals surface area contributed by atoms with Crippen molar-refractivity contribution in [2.24, 2.45) is 0 Å². The Morgan fingerprint density at radius 3 is 2.80 bits per heavy atom. The molecule has 0 aromatic carbocycles. The van der Waals surface area contributed by atoms with E-state index in [0.717, 1.165) is 13.0 Å². The molecule has 20 heavy (non-hydrogen) atoms. The summed E-state index contributed by atoms with van der Waals surface area (Å²) in [6.07, 6.45) is 2.85. The summed E-state index contributed by atoms with van der Waals surface area (Å²) in [7, 11) is 0. The van der Waals surface area contributed by atoms with Gasteiger partial charge in [-0.1, -0.05) is 6.92 Å². The van der Waals surface area contributed by atoms with Gasteiger partial charge in [-0.15, -0.1) is 0 Å². The summed E-state index contributed by atoms with van der Waals surface area (Å²) in [5.74, 6) is 0.699. The minimum atomic E-state index is 0.0266. The molecule has 2 unspecified atom stereocenters. The number of nitrogens with zero attached hydrogens (tertiary/aromatic N) is 2. The Kier molecular flexibility index (Phi) is 4.95. The van der Waals surface area contributed by atoms with Gasteiger partial charge in [-0.05, 0) is 32.4 Å². The first kappa shape index (κ1) is 14.8. The standard InChI is InChI=1S/C15H23N3O2/c1-4-7-16-14-13(6-5-8-17-14)15(19)18-9-11(2)20-12(3)10-18/h5-6,8,11-12H,4,7,9-10H2,1-3H3,(H,16,17). The lowest BCUT2D eigenvalue weighted by molar-refractivity contribution is -0.0586. The van der Waals surface area contributed by atoms with E-state index in [1.165, 1.54) is 0 Å². The monoisotopic (exact) mass is 277 g/mol. The zero-order chi connectivity index (χ0) is 14.5. The SMILES string of the molecule is CCCNc1ncccc1C(=O)N1CC(C)OC(C)C1. The van der Waals surface area contributed by atoms with Crippen LogP contribution in [0.4, 0.5) is 5.82 Å². The van der Waals surface area contributed by atoms with Crippen molar-refractivity contribution in [1.29, 1.82) is 0 Å². The van der Waals surface area contributed by atoms with Gasteiger partial charge in [-0.25, -0.2) is 4.98 Å². The van der Waals surface area contributed by atoms with Crippen molar-refractivity contribution in [1.82, 2.24) is 9.88 Å². The predicted octanol–water partition coefficient (Wildman–Crippen LogP) is 2.15. The summed E-state index contributed by atoms with van der Waals surface area (Å²) in [4.78, 5) is 18.8. The van der Waals surface area contributed by atoms with Crippen LogP contribution in [0.3, 0.4) is 0 Å². The molecule has 5 heteroatoms. The first-order valence-corrected chi connectivity index (χ1v) is 7.25. The highest BCUT2D eigenvalue weighted by Gasteiger charge is 2.27. The van der Waals surface area contributed by atoms with Crippen LogP contribution < -0.4 is 5.32 Å². The molecule has 2 atom stereocenters. The molecule has 1 amide bonds. The Hall–Kier alpha value is -1.62. The van der Waals surface area contributed by atoms with Gasteiger partial charge in [0.15, 0.2) is 0 Å². The molecule has 1 saturated heterocycles. The normalized spacial score (nSPS) is 22.6. The number of anilines is 1. The lowest BCUT2D eigenvalue weighted by Crippen LogP contribution is -2.48. The van der Waals surface area contributed by atoms with Gasteiger partial charge in [-0.2, -0.15) is 0 Å². The van der Waals surface area contributed by atoms with Gasteiger partial charge in [0.05, 0.1) is 17.8 Å². The molecule has 0 aliphatic carbocycles. The van der Waals surface area contributed by atoms with Crippen LogP contribution >= 0.6 is 0 Å². The molecular weight excluding hydrogens is 254 g/mol. The van der Waals surface area contributed by atoms with Gasteiger partial charge in [0.25, 0.3) is 5.91 Å². The van der Waals surface area contributed by atoms with E-state index in [2.05, 4.69) is 17.2 Å². The summed E-state index contributed by atoms with van der Waals surface area (Å²) >= 11 is 0. The van der Waals surface area contributed by atoms with E-state index in [-0.39, 0.29) is 18.1 Å². The third-order valence-corrected chi connectivity index (χ3v) is 3.29. The number of carbonyl (C=O) groups is 1. The van der Waals surface area contributed by atoms with E-state index < -0.39 is 0 Å². The summed E-state index contributed by atoms with van der Waals surface area (Å²) in [5.41, 5.74) is 0.641. The Morgan fingerprint density at radius 1 is 1.45 bits per heavy atom. The van der Waals surface area contributed by atoms with Gasteiger partial charge in [0.1, 0.15) is 5.82 Å². The number of amides is 1. The van der Waals surface area contributed by atoms with Crippen LogP contribution in [0.15, 0.2) is 18.3 Å². The maximum absolute atomic E-state index is 12.7. The number of rotatable bonds is 4. The van der Waals surface area contributed by atoms with Crippen molar-refractivity contribution in [3.8, 4) is 0 Å². The van der Waals surface area contributed by atoms with E-state index in [1.807, 2.05) is 24.8 Å². The molecule has 5 nitrogen and oxygen atoms in total. The Labute approximate surface area is 120 Å².